The zero-order valence-corrected chi connectivity index (χ0v) is 14.9. The first kappa shape index (κ1) is 18.2. The number of aryl methyl sites for hydroxylation is 1. The summed E-state index contributed by atoms with van der Waals surface area (Å²) in [5.74, 6) is 1.20. The van der Waals surface area contributed by atoms with Gasteiger partial charge in [-0.25, -0.2) is 0 Å². The van der Waals surface area contributed by atoms with Gasteiger partial charge in [-0.15, -0.1) is 0 Å². The van der Waals surface area contributed by atoms with Gasteiger partial charge in [0.15, 0.2) is 11.5 Å². The molecule has 0 atom stereocenters. The number of nitro benzene ring substituents is 1. The number of fused-ring (bicyclic) bond motifs is 1. The third kappa shape index (κ3) is 4.17. The lowest BCUT2D eigenvalue weighted by Crippen LogP contribution is -2.16. The van der Waals surface area contributed by atoms with Gasteiger partial charge in [0.05, 0.1) is 17.7 Å². The molecule has 0 saturated carbocycles. The lowest BCUT2D eigenvalue weighted by Gasteiger charge is -2.20. The van der Waals surface area contributed by atoms with Crippen molar-refractivity contribution < 1.29 is 23.9 Å². The molecule has 140 valence electrons. The first-order valence-corrected chi connectivity index (χ1v) is 8.19. The molecule has 1 aliphatic rings. The van der Waals surface area contributed by atoms with Gasteiger partial charge in [0.1, 0.15) is 13.2 Å². The maximum atomic E-state index is 12.2. The number of benzene rings is 2. The molecule has 2 aromatic rings. The summed E-state index contributed by atoms with van der Waals surface area (Å²) in [4.78, 5) is 22.6. The minimum absolute atomic E-state index is 0.0866. The number of methoxy groups -OCH3 is 1. The van der Waals surface area contributed by atoms with Crippen LogP contribution < -0.4 is 19.5 Å². The van der Waals surface area contributed by atoms with E-state index >= 15 is 0 Å². The number of carbonyl (C=O) groups is 1. The molecular formula is C19H18N2O6. The van der Waals surface area contributed by atoms with Crippen LogP contribution in [0, 0.1) is 17.0 Å². The Morgan fingerprint density at radius 2 is 2.04 bits per heavy atom. The van der Waals surface area contributed by atoms with Crippen LogP contribution in [0.15, 0.2) is 36.4 Å². The molecule has 0 fully saturated rings. The third-order valence-electron chi connectivity index (χ3n) is 3.97. The Morgan fingerprint density at radius 3 is 2.78 bits per heavy atom. The molecule has 0 aliphatic carbocycles. The highest BCUT2D eigenvalue weighted by molar-refractivity contribution is 6.02. The Balaban J connectivity index is 1.77. The number of amides is 1. The van der Waals surface area contributed by atoms with Crippen LogP contribution in [-0.4, -0.2) is 31.2 Å². The SMILES string of the molecule is COc1cc(/C=C/C(=O)Nc2cc([N+](=O)[O-])ccc2C)cc2c1OCCO2. The maximum Gasteiger partial charge on any atom is 0.271 e. The maximum absolute atomic E-state index is 12.2. The molecule has 1 amide bonds. The number of nitrogens with one attached hydrogen (secondary N) is 1. The Morgan fingerprint density at radius 1 is 1.26 bits per heavy atom. The summed E-state index contributed by atoms with van der Waals surface area (Å²) >= 11 is 0. The number of hydrogen-bond acceptors (Lipinski definition) is 6. The average molecular weight is 370 g/mol. The minimum Gasteiger partial charge on any atom is -0.493 e. The van der Waals surface area contributed by atoms with Crippen LogP contribution in [-0.2, 0) is 4.79 Å². The van der Waals surface area contributed by atoms with Gasteiger partial charge in [0.2, 0.25) is 11.7 Å². The zero-order valence-electron chi connectivity index (χ0n) is 14.9. The number of hydrogen-bond donors (Lipinski definition) is 1. The molecule has 0 aromatic heterocycles. The fraction of sp³-hybridized carbons (Fsp3) is 0.211. The molecule has 1 heterocycles. The molecule has 1 aliphatic heterocycles. The molecule has 2 aromatic carbocycles. The van der Waals surface area contributed by atoms with Gasteiger partial charge in [0, 0.05) is 18.2 Å². The Labute approximate surface area is 155 Å². The summed E-state index contributed by atoms with van der Waals surface area (Å²) in [6, 6.07) is 7.79. The van der Waals surface area contributed by atoms with Crippen LogP contribution in [0.25, 0.3) is 6.08 Å². The summed E-state index contributed by atoms with van der Waals surface area (Å²) in [6.07, 6.45) is 2.94. The molecule has 3 rings (SSSR count). The molecule has 8 heteroatoms. The highest BCUT2D eigenvalue weighted by Crippen LogP contribution is 2.40. The van der Waals surface area contributed by atoms with Crippen molar-refractivity contribution in [3.63, 3.8) is 0 Å². The highest BCUT2D eigenvalue weighted by Gasteiger charge is 2.18. The number of ether oxygens (including phenoxy) is 3. The van der Waals surface area contributed by atoms with Crippen LogP contribution in [0.2, 0.25) is 0 Å². The Bertz CT molecular complexity index is 905. The van der Waals surface area contributed by atoms with E-state index in [1.165, 1.54) is 25.3 Å². The molecule has 27 heavy (non-hydrogen) atoms. The van der Waals surface area contributed by atoms with Crippen molar-refractivity contribution in [1.29, 1.82) is 0 Å². The van der Waals surface area contributed by atoms with Crippen molar-refractivity contribution in [2.45, 2.75) is 6.92 Å². The van der Waals surface area contributed by atoms with Gasteiger partial charge in [0.25, 0.3) is 5.69 Å². The number of nitro groups is 1. The molecule has 8 nitrogen and oxygen atoms in total. The Hall–Kier alpha value is -3.55. The molecule has 0 bridgehead atoms. The van der Waals surface area contributed by atoms with E-state index in [1.807, 2.05) is 0 Å². The first-order chi connectivity index (χ1) is 13.0. The predicted octanol–water partition coefficient (Wildman–Crippen LogP) is 3.33. The van der Waals surface area contributed by atoms with Crippen LogP contribution in [0.1, 0.15) is 11.1 Å². The van der Waals surface area contributed by atoms with Crippen molar-refractivity contribution in [3.05, 3.63) is 57.6 Å². The molecule has 0 radical (unpaired) electrons. The molecular weight excluding hydrogens is 352 g/mol. The van der Waals surface area contributed by atoms with Gasteiger partial charge >= 0.3 is 0 Å². The van der Waals surface area contributed by atoms with E-state index in [0.717, 1.165) is 5.56 Å². The highest BCUT2D eigenvalue weighted by atomic mass is 16.6. The topological polar surface area (TPSA) is 99.9 Å². The summed E-state index contributed by atoms with van der Waals surface area (Å²) in [5.41, 5.74) is 1.72. The summed E-state index contributed by atoms with van der Waals surface area (Å²) in [5, 5.41) is 13.5. The number of anilines is 1. The smallest absolute Gasteiger partial charge is 0.271 e. The fourth-order valence-electron chi connectivity index (χ4n) is 2.59. The fourth-order valence-corrected chi connectivity index (χ4v) is 2.59. The van der Waals surface area contributed by atoms with Crippen LogP contribution >= 0.6 is 0 Å². The van der Waals surface area contributed by atoms with E-state index in [1.54, 1.807) is 31.2 Å². The van der Waals surface area contributed by atoms with Gasteiger partial charge in [-0.3, -0.25) is 14.9 Å². The normalized spacial score (nSPS) is 12.7. The number of non-ortho nitro benzene ring substituents is 1. The van der Waals surface area contributed by atoms with Crippen molar-refractivity contribution in [3.8, 4) is 17.2 Å². The third-order valence-corrected chi connectivity index (χ3v) is 3.97. The largest absolute Gasteiger partial charge is 0.493 e. The van der Waals surface area contributed by atoms with Crippen molar-refractivity contribution in [1.82, 2.24) is 0 Å². The molecule has 0 saturated heterocycles. The molecule has 0 spiro atoms. The second-order valence-corrected chi connectivity index (χ2v) is 5.83. The van der Waals surface area contributed by atoms with Gasteiger partial charge < -0.3 is 19.5 Å². The van der Waals surface area contributed by atoms with Crippen LogP contribution in [0.4, 0.5) is 11.4 Å². The van der Waals surface area contributed by atoms with Gasteiger partial charge in [-0.2, -0.15) is 0 Å². The second kappa shape index (κ2) is 7.77. The van der Waals surface area contributed by atoms with Crippen LogP contribution in [0.3, 0.4) is 0 Å². The Kier molecular flexibility index (Phi) is 5.25. The van der Waals surface area contributed by atoms with Crippen molar-refractivity contribution in [2.75, 3.05) is 25.6 Å². The number of carbonyl (C=O) groups excluding carboxylic acids is 1. The lowest BCUT2D eigenvalue weighted by molar-refractivity contribution is -0.384. The standard InChI is InChI=1S/C19H18N2O6/c1-12-3-5-14(21(23)24)11-15(12)20-18(22)6-4-13-9-16(25-2)19-17(10-13)26-7-8-27-19/h3-6,9-11H,7-8H2,1-2H3,(H,20,22)/b6-4+. The molecule has 1 N–H and O–H groups in total. The zero-order chi connectivity index (χ0) is 19.4. The lowest BCUT2D eigenvalue weighted by atomic mass is 10.1. The van der Waals surface area contributed by atoms with Crippen molar-refractivity contribution >= 4 is 23.4 Å². The van der Waals surface area contributed by atoms with Crippen LogP contribution in [0.5, 0.6) is 17.2 Å². The second-order valence-electron chi connectivity index (χ2n) is 5.83. The number of rotatable bonds is 5. The van der Waals surface area contributed by atoms with E-state index in [0.29, 0.717) is 41.7 Å². The summed E-state index contributed by atoms with van der Waals surface area (Å²) in [7, 11) is 1.53. The average Bonchev–Trinajstić information content (AvgIpc) is 2.67. The summed E-state index contributed by atoms with van der Waals surface area (Å²) in [6.45, 7) is 2.65. The van der Waals surface area contributed by atoms with Gasteiger partial charge in [-0.05, 0) is 36.3 Å². The van der Waals surface area contributed by atoms with E-state index in [-0.39, 0.29) is 5.69 Å². The van der Waals surface area contributed by atoms with Gasteiger partial charge in [-0.1, -0.05) is 6.07 Å². The van der Waals surface area contributed by atoms with E-state index in [4.69, 9.17) is 14.2 Å². The van der Waals surface area contributed by atoms with E-state index in [2.05, 4.69) is 5.32 Å². The first-order valence-electron chi connectivity index (χ1n) is 8.19. The monoisotopic (exact) mass is 370 g/mol. The number of nitrogens with zero attached hydrogens (tertiary/aromatic N) is 1. The minimum atomic E-state index is -0.508. The van der Waals surface area contributed by atoms with Crippen molar-refractivity contribution in [2.24, 2.45) is 0 Å². The van der Waals surface area contributed by atoms with E-state index < -0.39 is 10.8 Å². The van der Waals surface area contributed by atoms with E-state index in [9.17, 15) is 14.9 Å². The quantitative estimate of drug-likeness (QED) is 0.492. The predicted molar refractivity (Wildman–Crippen MR) is 99.5 cm³/mol. The summed E-state index contributed by atoms with van der Waals surface area (Å²) < 4.78 is 16.4. The molecule has 0 unspecified atom stereocenters.